The summed E-state index contributed by atoms with van der Waals surface area (Å²) in [6.45, 7) is 2.27. The first-order valence-corrected chi connectivity index (χ1v) is 8.76. The van der Waals surface area contributed by atoms with E-state index in [0.717, 1.165) is 0 Å². The minimum atomic E-state index is 0.133. The number of hydrogen-bond acceptors (Lipinski definition) is 0. The number of rotatable bonds is 7. The van der Waals surface area contributed by atoms with E-state index in [1.165, 1.54) is 35.7 Å². The van der Waals surface area contributed by atoms with Crippen LogP contribution in [0.15, 0.2) is 34.5 Å². The van der Waals surface area contributed by atoms with Crippen LogP contribution in [0.25, 0.3) is 6.08 Å². The molecule has 0 fully saturated rings. The first-order valence-electron chi connectivity index (χ1n) is 5.76. The quantitative estimate of drug-likeness (QED) is 0.518. The molecule has 0 amide bonds. The standard InChI is InChI=1S/C14H20Te/c1-2-3-4-8-12-15-13-11-14-9-6-5-7-10-14/h5-7,9-11,13H,2-4,8,12H2,1H3/b13-11-. The average molecular weight is 316 g/mol. The van der Waals surface area contributed by atoms with E-state index < -0.39 is 0 Å². The SMILES string of the molecule is CCCCCC[Te]/C=C\c1ccccc1. The fraction of sp³-hybridized carbons (Fsp3) is 0.429. The van der Waals surface area contributed by atoms with Gasteiger partial charge in [-0.1, -0.05) is 0 Å². The summed E-state index contributed by atoms with van der Waals surface area (Å²) in [5.74, 6) is 0. The van der Waals surface area contributed by atoms with Crippen molar-refractivity contribution in [1.82, 2.24) is 0 Å². The van der Waals surface area contributed by atoms with Crippen LogP contribution in [0.1, 0.15) is 38.2 Å². The van der Waals surface area contributed by atoms with Crippen LogP contribution in [0.2, 0.25) is 4.47 Å². The van der Waals surface area contributed by atoms with Crippen molar-refractivity contribution in [3.05, 3.63) is 40.0 Å². The van der Waals surface area contributed by atoms with Crippen molar-refractivity contribution >= 4 is 27.0 Å². The van der Waals surface area contributed by atoms with Gasteiger partial charge < -0.3 is 0 Å². The van der Waals surface area contributed by atoms with Gasteiger partial charge in [0.05, 0.1) is 0 Å². The summed E-state index contributed by atoms with van der Waals surface area (Å²) < 4.78 is 3.89. The molecule has 0 bridgehead atoms. The Hall–Kier alpha value is -0.250. The zero-order valence-electron chi connectivity index (χ0n) is 9.49. The van der Waals surface area contributed by atoms with Crippen molar-refractivity contribution in [3.8, 4) is 0 Å². The molecule has 0 saturated heterocycles. The van der Waals surface area contributed by atoms with Gasteiger partial charge in [0.25, 0.3) is 0 Å². The summed E-state index contributed by atoms with van der Waals surface area (Å²) in [7, 11) is 0. The predicted octanol–water partition coefficient (Wildman–Crippen LogP) is 4.36. The third kappa shape index (κ3) is 6.77. The Morgan fingerprint density at radius 2 is 1.87 bits per heavy atom. The summed E-state index contributed by atoms with van der Waals surface area (Å²) in [6, 6.07) is 10.6. The fourth-order valence-corrected chi connectivity index (χ4v) is 3.54. The molecule has 1 aromatic carbocycles. The van der Waals surface area contributed by atoms with Crippen LogP contribution in [-0.2, 0) is 0 Å². The predicted molar refractivity (Wildman–Crippen MR) is 70.2 cm³/mol. The molecule has 0 aliphatic heterocycles. The molecule has 0 nitrogen and oxygen atoms in total. The Morgan fingerprint density at radius 1 is 1.07 bits per heavy atom. The Bertz CT molecular complexity index is 264. The molecule has 0 heterocycles. The van der Waals surface area contributed by atoms with Crippen molar-refractivity contribution in [2.45, 2.75) is 37.1 Å². The van der Waals surface area contributed by atoms with E-state index in [-0.39, 0.29) is 20.9 Å². The van der Waals surface area contributed by atoms with Gasteiger partial charge in [-0.15, -0.1) is 0 Å². The summed E-state index contributed by atoms with van der Waals surface area (Å²) in [6.07, 6.45) is 7.91. The summed E-state index contributed by atoms with van der Waals surface area (Å²) in [4.78, 5) is 0. The molecule has 15 heavy (non-hydrogen) atoms. The molecule has 0 aliphatic rings. The average Bonchev–Trinajstić information content (AvgIpc) is 2.29. The molecule has 0 saturated carbocycles. The van der Waals surface area contributed by atoms with Gasteiger partial charge in [0.15, 0.2) is 0 Å². The zero-order chi connectivity index (χ0) is 10.8. The molecular formula is C14H20Te. The zero-order valence-corrected chi connectivity index (χ0v) is 11.8. The van der Waals surface area contributed by atoms with Crippen molar-refractivity contribution < 1.29 is 0 Å². The summed E-state index contributed by atoms with van der Waals surface area (Å²) in [5, 5.41) is 0. The topological polar surface area (TPSA) is 0 Å². The van der Waals surface area contributed by atoms with Gasteiger partial charge in [0.2, 0.25) is 0 Å². The molecule has 0 N–H and O–H groups in total. The van der Waals surface area contributed by atoms with Gasteiger partial charge in [-0.2, -0.15) is 0 Å². The van der Waals surface area contributed by atoms with Crippen LogP contribution < -0.4 is 0 Å². The second kappa shape index (κ2) is 9.01. The van der Waals surface area contributed by atoms with E-state index in [9.17, 15) is 0 Å². The Kier molecular flexibility index (Phi) is 7.70. The number of unbranched alkanes of at least 4 members (excludes halogenated alkanes) is 3. The Labute approximate surface area is 104 Å². The van der Waals surface area contributed by atoms with Crippen molar-refractivity contribution in [2.75, 3.05) is 0 Å². The maximum atomic E-state index is 2.42. The van der Waals surface area contributed by atoms with Crippen LogP contribution >= 0.6 is 0 Å². The van der Waals surface area contributed by atoms with Crippen LogP contribution in [-0.4, -0.2) is 20.9 Å². The normalized spacial score (nSPS) is 11.0. The molecule has 0 radical (unpaired) electrons. The monoisotopic (exact) mass is 318 g/mol. The molecule has 0 unspecified atom stereocenters. The second-order valence-electron chi connectivity index (χ2n) is 3.64. The second-order valence-corrected chi connectivity index (χ2v) is 6.54. The van der Waals surface area contributed by atoms with Crippen molar-refractivity contribution in [1.29, 1.82) is 0 Å². The van der Waals surface area contributed by atoms with E-state index in [0.29, 0.717) is 0 Å². The molecule has 82 valence electrons. The van der Waals surface area contributed by atoms with Gasteiger partial charge in [-0.3, -0.25) is 0 Å². The Balaban J connectivity index is 2.07. The van der Waals surface area contributed by atoms with Crippen LogP contribution in [0.5, 0.6) is 0 Å². The van der Waals surface area contributed by atoms with Crippen molar-refractivity contribution in [3.63, 3.8) is 0 Å². The van der Waals surface area contributed by atoms with Crippen LogP contribution in [0.3, 0.4) is 0 Å². The molecule has 0 aromatic heterocycles. The van der Waals surface area contributed by atoms with E-state index >= 15 is 0 Å². The van der Waals surface area contributed by atoms with E-state index in [2.05, 4.69) is 47.5 Å². The number of hydrogen-bond donors (Lipinski definition) is 0. The van der Waals surface area contributed by atoms with Gasteiger partial charge in [-0.05, 0) is 0 Å². The van der Waals surface area contributed by atoms with E-state index in [1.807, 2.05) is 0 Å². The maximum absolute atomic E-state index is 2.42. The molecule has 1 aromatic rings. The molecule has 0 spiro atoms. The first-order chi connectivity index (χ1) is 7.43. The van der Waals surface area contributed by atoms with Gasteiger partial charge >= 0.3 is 104 Å². The third-order valence-electron chi connectivity index (χ3n) is 2.27. The molecule has 1 heteroatoms. The minimum absolute atomic E-state index is 0.133. The van der Waals surface area contributed by atoms with Gasteiger partial charge in [0, 0.05) is 0 Å². The number of benzene rings is 1. The van der Waals surface area contributed by atoms with Gasteiger partial charge in [-0.25, -0.2) is 0 Å². The summed E-state index contributed by atoms with van der Waals surface area (Å²) in [5.41, 5.74) is 1.34. The molecular weight excluding hydrogens is 296 g/mol. The van der Waals surface area contributed by atoms with E-state index in [4.69, 9.17) is 0 Å². The fourth-order valence-electron chi connectivity index (χ4n) is 1.37. The first kappa shape index (κ1) is 12.8. The van der Waals surface area contributed by atoms with Crippen LogP contribution in [0.4, 0.5) is 0 Å². The molecule has 1 rings (SSSR count). The Morgan fingerprint density at radius 3 is 2.60 bits per heavy atom. The third-order valence-corrected chi connectivity index (χ3v) is 4.71. The molecule has 0 atom stereocenters. The molecule has 0 aliphatic carbocycles. The van der Waals surface area contributed by atoms with E-state index in [1.54, 1.807) is 0 Å². The summed E-state index contributed by atoms with van der Waals surface area (Å²) >= 11 is 0.133. The van der Waals surface area contributed by atoms with Crippen molar-refractivity contribution in [2.24, 2.45) is 0 Å². The van der Waals surface area contributed by atoms with Crippen LogP contribution in [0, 0.1) is 0 Å². The van der Waals surface area contributed by atoms with Gasteiger partial charge in [0.1, 0.15) is 0 Å².